The third kappa shape index (κ3) is 3.10. The van der Waals surface area contributed by atoms with Crippen LogP contribution in [0.15, 0.2) is 12.3 Å². The van der Waals surface area contributed by atoms with Gasteiger partial charge < -0.3 is 19.9 Å². The summed E-state index contributed by atoms with van der Waals surface area (Å²) in [6, 6.07) is 1.78. The third-order valence-corrected chi connectivity index (χ3v) is 3.58. The number of aryl methyl sites for hydroxylation is 1. The van der Waals surface area contributed by atoms with E-state index in [2.05, 4.69) is 6.92 Å². The lowest BCUT2D eigenvalue weighted by Crippen LogP contribution is -2.31. The summed E-state index contributed by atoms with van der Waals surface area (Å²) in [5, 5.41) is 0. The van der Waals surface area contributed by atoms with Crippen LogP contribution in [0.3, 0.4) is 0 Å². The highest BCUT2D eigenvalue weighted by Gasteiger charge is 2.28. The molecule has 0 saturated carbocycles. The molecule has 5 nitrogen and oxygen atoms in total. The summed E-state index contributed by atoms with van der Waals surface area (Å²) in [6.45, 7) is 5.23. The SMILES string of the molecule is CCCn1cc(N)cc1C(=O)N1CCC(COC)C1. The average molecular weight is 265 g/mol. The summed E-state index contributed by atoms with van der Waals surface area (Å²) in [6.07, 6.45) is 3.85. The molecule has 19 heavy (non-hydrogen) atoms. The van der Waals surface area contributed by atoms with Gasteiger partial charge in [-0.3, -0.25) is 4.79 Å². The van der Waals surface area contributed by atoms with Crippen molar-refractivity contribution in [1.82, 2.24) is 9.47 Å². The highest BCUT2D eigenvalue weighted by atomic mass is 16.5. The van der Waals surface area contributed by atoms with Crippen LogP contribution in [-0.4, -0.2) is 42.2 Å². The number of aromatic nitrogens is 1. The van der Waals surface area contributed by atoms with E-state index >= 15 is 0 Å². The number of carbonyl (C=O) groups is 1. The lowest BCUT2D eigenvalue weighted by molar-refractivity contribution is 0.0764. The fourth-order valence-electron chi connectivity index (χ4n) is 2.69. The molecule has 1 aromatic rings. The number of nitrogens with two attached hydrogens (primary N) is 1. The van der Waals surface area contributed by atoms with Crippen molar-refractivity contribution in [1.29, 1.82) is 0 Å². The molecule has 0 spiro atoms. The monoisotopic (exact) mass is 265 g/mol. The van der Waals surface area contributed by atoms with Gasteiger partial charge in [0.25, 0.3) is 5.91 Å². The number of amides is 1. The molecule has 0 bridgehead atoms. The number of nitrogens with zero attached hydrogens (tertiary/aromatic N) is 2. The zero-order valence-corrected chi connectivity index (χ0v) is 11.8. The van der Waals surface area contributed by atoms with Crippen LogP contribution in [-0.2, 0) is 11.3 Å². The Morgan fingerprint density at radius 2 is 2.37 bits per heavy atom. The summed E-state index contributed by atoms with van der Waals surface area (Å²) in [5.74, 6) is 0.546. The molecule has 1 saturated heterocycles. The number of likely N-dealkylation sites (tertiary alicyclic amines) is 1. The number of ether oxygens (including phenoxy) is 1. The molecule has 1 amide bonds. The minimum absolute atomic E-state index is 0.0868. The van der Waals surface area contributed by atoms with Crippen LogP contribution < -0.4 is 5.73 Å². The molecule has 1 aromatic heterocycles. The number of anilines is 1. The minimum Gasteiger partial charge on any atom is -0.397 e. The normalized spacial score (nSPS) is 19.1. The van der Waals surface area contributed by atoms with Crippen molar-refractivity contribution in [2.75, 3.05) is 32.5 Å². The third-order valence-electron chi connectivity index (χ3n) is 3.58. The molecule has 0 aromatic carbocycles. The van der Waals surface area contributed by atoms with Crippen LogP contribution >= 0.6 is 0 Å². The molecule has 0 aliphatic carbocycles. The van der Waals surface area contributed by atoms with Crippen molar-refractivity contribution >= 4 is 11.6 Å². The van der Waals surface area contributed by atoms with Crippen molar-refractivity contribution in [2.24, 2.45) is 5.92 Å². The summed E-state index contributed by atoms with van der Waals surface area (Å²) in [5.41, 5.74) is 7.17. The van der Waals surface area contributed by atoms with E-state index in [0.29, 0.717) is 17.3 Å². The van der Waals surface area contributed by atoms with Crippen LogP contribution in [0.4, 0.5) is 5.69 Å². The highest BCUT2D eigenvalue weighted by Crippen LogP contribution is 2.21. The Balaban J connectivity index is 2.07. The summed E-state index contributed by atoms with van der Waals surface area (Å²) < 4.78 is 7.12. The van der Waals surface area contributed by atoms with Gasteiger partial charge in [-0.15, -0.1) is 0 Å². The Hall–Kier alpha value is -1.49. The number of nitrogen functional groups attached to an aromatic ring is 1. The fourth-order valence-corrected chi connectivity index (χ4v) is 2.69. The van der Waals surface area contributed by atoms with Crippen molar-refractivity contribution < 1.29 is 9.53 Å². The predicted octanol–water partition coefficient (Wildman–Crippen LogP) is 1.59. The van der Waals surface area contributed by atoms with Gasteiger partial charge in [-0.05, 0) is 18.9 Å². The van der Waals surface area contributed by atoms with E-state index < -0.39 is 0 Å². The van der Waals surface area contributed by atoms with Gasteiger partial charge in [0, 0.05) is 38.9 Å². The number of rotatable bonds is 5. The molecule has 1 unspecified atom stereocenters. The molecule has 1 aliphatic rings. The minimum atomic E-state index is 0.0868. The van der Waals surface area contributed by atoms with Gasteiger partial charge in [0.15, 0.2) is 0 Å². The van der Waals surface area contributed by atoms with Gasteiger partial charge in [0.05, 0.1) is 12.3 Å². The van der Waals surface area contributed by atoms with Gasteiger partial charge in [0.1, 0.15) is 5.69 Å². The van der Waals surface area contributed by atoms with Gasteiger partial charge in [-0.1, -0.05) is 6.92 Å². The van der Waals surface area contributed by atoms with E-state index in [1.54, 1.807) is 13.2 Å². The quantitative estimate of drug-likeness (QED) is 0.879. The predicted molar refractivity (Wildman–Crippen MR) is 75.0 cm³/mol. The average Bonchev–Trinajstić information content (AvgIpc) is 2.97. The number of hydrogen-bond acceptors (Lipinski definition) is 3. The first-order chi connectivity index (χ1) is 9.15. The largest absolute Gasteiger partial charge is 0.397 e. The van der Waals surface area contributed by atoms with Gasteiger partial charge in [-0.2, -0.15) is 0 Å². The molecular formula is C14H23N3O2. The van der Waals surface area contributed by atoms with E-state index in [1.807, 2.05) is 15.7 Å². The van der Waals surface area contributed by atoms with Gasteiger partial charge in [-0.25, -0.2) is 0 Å². The second-order valence-electron chi connectivity index (χ2n) is 5.21. The first-order valence-corrected chi connectivity index (χ1v) is 6.89. The molecule has 2 rings (SSSR count). The van der Waals surface area contributed by atoms with Crippen molar-refractivity contribution in [2.45, 2.75) is 26.3 Å². The maximum atomic E-state index is 12.5. The zero-order chi connectivity index (χ0) is 13.8. The highest BCUT2D eigenvalue weighted by molar-refractivity contribution is 5.94. The Kier molecular flexibility index (Phi) is 4.47. The number of carbonyl (C=O) groups excluding carboxylic acids is 1. The fraction of sp³-hybridized carbons (Fsp3) is 0.643. The Morgan fingerprint density at radius 1 is 1.58 bits per heavy atom. The van der Waals surface area contributed by atoms with Crippen LogP contribution in [0.25, 0.3) is 0 Å². The van der Waals surface area contributed by atoms with Crippen molar-refractivity contribution in [3.05, 3.63) is 18.0 Å². The maximum absolute atomic E-state index is 12.5. The maximum Gasteiger partial charge on any atom is 0.270 e. The lowest BCUT2D eigenvalue weighted by atomic mass is 10.1. The Labute approximate surface area is 114 Å². The Bertz CT molecular complexity index is 442. The number of hydrogen-bond donors (Lipinski definition) is 1. The van der Waals surface area contributed by atoms with Crippen molar-refractivity contribution in [3.63, 3.8) is 0 Å². The summed E-state index contributed by atoms with van der Waals surface area (Å²) >= 11 is 0. The first kappa shape index (κ1) is 13.9. The molecule has 2 N–H and O–H groups in total. The molecule has 106 valence electrons. The number of methoxy groups -OCH3 is 1. The van der Waals surface area contributed by atoms with E-state index in [9.17, 15) is 4.79 Å². The molecule has 2 heterocycles. The first-order valence-electron chi connectivity index (χ1n) is 6.89. The van der Waals surface area contributed by atoms with Crippen LogP contribution in [0, 0.1) is 5.92 Å². The molecule has 0 radical (unpaired) electrons. The second-order valence-corrected chi connectivity index (χ2v) is 5.21. The summed E-state index contributed by atoms with van der Waals surface area (Å²) in [7, 11) is 1.71. The van der Waals surface area contributed by atoms with Gasteiger partial charge in [0.2, 0.25) is 0 Å². The van der Waals surface area contributed by atoms with Crippen LogP contribution in [0.1, 0.15) is 30.3 Å². The zero-order valence-electron chi connectivity index (χ0n) is 11.8. The molecule has 5 heteroatoms. The smallest absolute Gasteiger partial charge is 0.270 e. The Morgan fingerprint density at radius 3 is 3.05 bits per heavy atom. The lowest BCUT2D eigenvalue weighted by Gasteiger charge is -2.17. The van der Waals surface area contributed by atoms with E-state index in [1.165, 1.54) is 0 Å². The topological polar surface area (TPSA) is 60.5 Å². The second kappa shape index (κ2) is 6.10. The van der Waals surface area contributed by atoms with Crippen molar-refractivity contribution in [3.8, 4) is 0 Å². The van der Waals surface area contributed by atoms with E-state index in [0.717, 1.165) is 39.1 Å². The van der Waals surface area contributed by atoms with Crippen LogP contribution in [0.5, 0.6) is 0 Å². The molecular weight excluding hydrogens is 242 g/mol. The van der Waals surface area contributed by atoms with E-state index in [4.69, 9.17) is 10.5 Å². The van der Waals surface area contributed by atoms with Crippen LogP contribution in [0.2, 0.25) is 0 Å². The van der Waals surface area contributed by atoms with E-state index in [-0.39, 0.29) is 5.91 Å². The molecule has 1 fully saturated rings. The molecule has 1 atom stereocenters. The standard InChI is InChI=1S/C14H23N3O2/c1-3-5-16-9-12(15)7-13(16)14(18)17-6-4-11(8-17)10-19-2/h7,9,11H,3-6,8,10,15H2,1-2H3. The van der Waals surface area contributed by atoms with Gasteiger partial charge >= 0.3 is 0 Å². The summed E-state index contributed by atoms with van der Waals surface area (Å²) in [4.78, 5) is 14.4. The molecule has 1 aliphatic heterocycles.